The zero-order valence-corrected chi connectivity index (χ0v) is 15.1. The molecule has 1 aliphatic rings. The predicted octanol–water partition coefficient (Wildman–Crippen LogP) is 1.55. The van der Waals surface area contributed by atoms with Crippen LogP contribution in [0.1, 0.15) is 5.82 Å². The number of aromatic nitrogens is 6. The fourth-order valence-electron chi connectivity index (χ4n) is 3.03. The summed E-state index contributed by atoms with van der Waals surface area (Å²) >= 11 is 3.53. The maximum Gasteiger partial charge on any atom is 0.164 e. The van der Waals surface area contributed by atoms with E-state index in [1.807, 2.05) is 26.2 Å². The lowest BCUT2D eigenvalue weighted by molar-refractivity contribution is 0.641. The smallest absolute Gasteiger partial charge is 0.164 e. The molecule has 0 aromatic carbocycles. The monoisotopic (exact) mass is 388 g/mol. The van der Waals surface area contributed by atoms with Crippen LogP contribution in [0.4, 0.5) is 11.6 Å². The van der Waals surface area contributed by atoms with E-state index in [1.165, 1.54) is 0 Å². The van der Waals surface area contributed by atoms with Crippen molar-refractivity contribution in [1.29, 1.82) is 0 Å². The van der Waals surface area contributed by atoms with Gasteiger partial charge in [-0.2, -0.15) is 5.10 Å². The van der Waals surface area contributed by atoms with Crippen molar-refractivity contribution in [3.63, 3.8) is 0 Å². The van der Waals surface area contributed by atoms with E-state index < -0.39 is 0 Å². The van der Waals surface area contributed by atoms with Crippen LogP contribution in [0.5, 0.6) is 0 Å². The van der Waals surface area contributed by atoms with Gasteiger partial charge >= 0.3 is 0 Å². The molecule has 9 heteroatoms. The molecular weight excluding hydrogens is 372 g/mol. The molecule has 124 valence electrons. The third-order valence-electron chi connectivity index (χ3n) is 4.22. The van der Waals surface area contributed by atoms with Crippen LogP contribution in [0.15, 0.2) is 23.2 Å². The zero-order chi connectivity index (χ0) is 16.7. The summed E-state index contributed by atoms with van der Waals surface area (Å²) in [4.78, 5) is 22.1. The third kappa shape index (κ3) is 2.58. The molecule has 4 heterocycles. The topological polar surface area (TPSA) is 75.9 Å². The summed E-state index contributed by atoms with van der Waals surface area (Å²) in [6.45, 7) is 5.43. The Kier molecular flexibility index (Phi) is 3.79. The molecule has 1 aliphatic heterocycles. The average Bonchev–Trinajstić information content (AvgIpc) is 2.90. The highest BCUT2D eigenvalue weighted by Gasteiger charge is 2.23. The summed E-state index contributed by atoms with van der Waals surface area (Å²) in [5.74, 6) is 2.71. The molecule has 0 atom stereocenters. The van der Waals surface area contributed by atoms with E-state index in [0.717, 1.165) is 59.3 Å². The summed E-state index contributed by atoms with van der Waals surface area (Å²) in [5, 5.41) is 5.36. The molecule has 4 rings (SSSR count). The molecular formula is C15H17BrN8. The lowest BCUT2D eigenvalue weighted by Gasteiger charge is -2.36. The molecule has 8 nitrogen and oxygen atoms in total. The van der Waals surface area contributed by atoms with Gasteiger partial charge in [0.05, 0.1) is 5.39 Å². The van der Waals surface area contributed by atoms with E-state index in [-0.39, 0.29) is 0 Å². The van der Waals surface area contributed by atoms with Gasteiger partial charge in [0.2, 0.25) is 0 Å². The van der Waals surface area contributed by atoms with E-state index in [9.17, 15) is 0 Å². The number of hydrogen-bond donors (Lipinski definition) is 0. The van der Waals surface area contributed by atoms with Gasteiger partial charge in [-0.1, -0.05) is 0 Å². The minimum absolute atomic E-state index is 0.782. The maximum absolute atomic E-state index is 4.51. The molecule has 3 aromatic rings. The van der Waals surface area contributed by atoms with Crippen molar-refractivity contribution >= 4 is 38.6 Å². The highest BCUT2D eigenvalue weighted by Crippen LogP contribution is 2.30. The second kappa shape index (κ2) is 5.97. The minimum Gasteiger partial charge on any atom is -0.353 e. The highest BCUT2D eigenvalue weighted by molar-refractivity contribution is 9.10. The molecule has 0 saturated carbocycles. The standard InChI is InChI=1S/C15H17BrN8/c1-10-17-4-3-11(20-10)23-5-7-24(8-6-23)15-12-13(16)21-22(2)14(12)18-9-19-15/h3-4,9H,5-8H2,1-2H3. The summed E-state index contributed by atoms with van der Waals surface area (Å²) in [6, 6.07) is 1.96. The van der Waals surface area contributed by atoms with Gasteiger partial charge < -0.3 is 9.80 Å². The number of fused-ring (bicyclic) bond motifs is 1. The van der Waals surface area contributed by atoms with Crippen LogP contribution >= 0.6 is 15.9 Å². The third-order valence-corrected chi connectivity index (χ3v) is 4.78. The Bertz CT molecular complexity index is 884. The van der Waals surface area contributed by atoms with Crippen LogP contribution < -0.4 is 9.80 Å². The first kappa shape index (κ1) is 15.3. The van der Waals surface area contributed by atoms with Crippen molar-refractivity contribution < 1.29 is 0 Å². The summed E-state index contributed by atoms with van der Waals surface area (Å²) in [5.41, 5.74) is 0.834. The number of aryl methyl sites for hydroxylation is 2. The maximum atomic E-state index is 4.51. The van der Waals surface area contributed by atoms with E-state index >= 15 is 0 Å². The number of rotatable bonds is 2. The van der Waals surface area contributed by atoms with Gasteiger partial charge in [0.15, 0.2) is 5.65 Å². The van der Waals surface area contributed by atoms with Crippen LogP contribution in [0.2, 0.25) is 0 Å². The van der Waals surface area contributed by atoms with Gasteiger partial charge in [-0.15, -0.1) is 0 Å². The molecule has 0 aliphatic carbocycles. The van der Waals surface area contributed by atoms with E-state index in [2.05, 4.69) is 50.8 Å². The molecule has 0 N–H and O–H groups in total. The van der Waals surface area contributed by atoms with Crippen LogP contribution in [0.3, 0.4) is 0 Å². The molecule has 1 fully saturated rings. The number of halogens is 1. The zero-order valence-electron chi connectivity index (χ0n) is 13.5. The Morgan fingerprint density at radius 1 is 1.04 bits per heavy atom. The van der Waals surface area contributed by atoms with Crippen molar-refractivity contribution in [2.75, 3.05) is 36.0 Å². The Balaban J connectivity index is 1.58. The number of piperazine rings is 1. The highest BCUT2D eigenvalue weighted by atomic mass is 79.9. The molecule has 0 amide bonds. The molecule has 0 radical (unpaired) electrons. The van der Waals surface area contributed by atoms with Crippen LogP contribution in [0.25, 0.3) is 11.0 Å². The van der Waals surface area contributed by atoms with Gasteiger partial charge in [-0.05, 0) is 28.9 Å². The van der Waals surface area contributed by atoms with Gasteiger partial charge in [0.1, 0.15) is 28.4 Å². The van der Waals surface area contributed by atoms with E-state index in [0.29, 0.717) is 0 Å². The molecule has 1 saturated heterocycles. The number of hydrogen-bond acceptors (Lipinski definition) is 7. The van der Waals surface area contributed by atoms with Crippen molar-refractivity contribution in [3.05, 3.63) is 29.0 Å². The van der Waals surface area contributed by atoms with Gasteiger partial charge in [0.25, 0.3) is 0 Å². The summed E-state index contributed by atoms with van der Waals surface area (Å²) in [7, 11) is 1.89. The summed E-state index contributed by atoms with van der Waals surface area (Å²) in [6.07, 6.45) is 3.41. The Labute approximate surface area is 147 Å². The second-order valence-corrected chi connectivity index (χ2v) is 6.50. The van der Waals surface area contributed by atoms with Gasteiger partial charge in [0, 0.05) is 39.4 Å². The van der Waals surface area contributed by atoms with Crippen LogP contribution in [-0.4, -0.2) is 55.9 Å². The first-order valence-electron chi connectivity index (χ1n) is 7.76. The van der Waals surface area contributed by atoms with Crippen molar-refractivity contribution in [3.8, 4) is 0 Å². The quantitative estimate of drug-likeness (QED) is 0.658. The lowest BCUT2D eigenvalue weighted by atomic mass is 10.2. The first-order valence-corrected chi connectivity index (χ1v) is 8.55. The van der Waals surface area contributed by atoms with Crippen molar-refractivity contribution in [1.82, 2.24) is 29.7 Å². The van der Waals surface area contributed by atoms with Crippen LogP contribution in [-0.2, 0) is 7.05 Å². The Morgan fingerprint density at radius 2 is 1.79 bits per heavy atom. The van der Waals surface area contributed by atoms with Crippen molar-refractivity contribution in [2.45, 2.75) is 6.92 Å². The summed E-state index contributed by atoms with van der Waals surface area (Å²) < 4.78 is 2.55. The molecule has 0 bridgehead atoms. The second-order valence-electron chi connectivity index (χ2n) is 5.75. The minimum atomic E-state index is 0.782. The number of nitrogens with zero attached hydrogens (tertiary/aromatic N) is 8. The van der Waals surface area contributed by atoms with Gasteiger partial charge in [-0.3, -0.25) is 0 Å². The van der Waals surface area contributed by atoms with Gasteiger partial charge in [-0.25, -0.2) is 24.6 Å². The van der Waals surface area contributed by atoms with E-state index in [4.69, 9.17) is 0 Å². The van der Waals surface area contributed by atoms with Crippen molar-refractivity contribution in [2.24, 2.45) is 7.05 Å². The molecule has 0 unspecified atom stereocenters. The number of anilines is 2. The van der Waals surface area contributed by atoms with E-state index in [1.54, 1.807) is 11.0 Å². The Morgan fingerprint density at radius 3 is 2.54 bits per heavy atom. The molecule has 0 spiro atoms. The Hall–Kier alpha value is -2.29. The molecule has 24 heavy (non-hydrogen) atoms. The molecule has 3 aromatic heterocycles. The normalized spacial score (nSPS) is 15.3. The fourth-order valence-corrected chi connectivity index (χ4v) is 3.63. The largest absolute Gasteiger partial charge is 0.353 e. The predicted molar refractivity (Wildman–Crippen MR) is 95.2 cm³/mol. The fraction of sp³-hybridized carbons (Fsp3) is 0.400. The van der Waals surface area contributed by atoms with Crippen LogP contribution in [0, 0.1) is 6.92 Å². The lowest BCUT2D eigenvalue weighted by Crippen LogP contribution is -2.47. The first-order chi connectivity index (χ1) is 11.6. The SMILES string of the molecule is Cc1nccc(N2CCN(c3ncnc4c3c(Br)nn4C)CC2)n1. The average molecular weight is 389 g/mol.